The summed E-state index contributed by atoms with van der Waals surface area (Å²) in [6.07, 6.45) is 3.49. The maximum absolute atomic E-state index is 12.7. The quantitative estimate of drug-likeness (QED) is 0.691. The second-order valence-electron chi connectivity index (χ2n) is 7.76. The predicted molar refractivity (Wildman–Crippen MR) is 96.1 cm³/mol. The van der Waals surface area contributed by atoms with Gasteiger partial charge in [0.25, 0.3) is 0 Å². The van der Waals surface area contributed by atoms with E-state index in [0.717, 1.165) is 24.7 Å². The fourth-order valence-corrected chi connectivity index (χ4v) is 3.06. The van der Waals surface area contributed by atoms with E-state index in [-0.39, 0.29) is 23.1 Å². The van der Waals surface area contributed by atoms with Crippen molar-refractivity contribution in [1.82, 2.24) is 4.90 Å². The molecule has 0 aliphatic heterocycles. The maximum Gasteiger partial charge on any atom is 0.306 e. The van der Waals surface area contributed by atoms with Gasteiger partial charge in [-0.15, -0.1) is 0 Å². The first-order chi connectivity index (χ1) is 11.5. The van der Waals surface area contributed by atoms with Crippen LogP contribution in [0.25, 0.3) is 0 Å². The first kappa shape index (κ1) is 19.6. The Labute approximate surface area is 150 Å². The normalized spacial score (nSPS) is 14.9. The highest BCUT2D eigenvalue weighted by Gasteiger charge is 2.34. The summed E-state index contributed by atoms with van der Waals surface area (Å²) in [7, 11) is -2.21. The summed E-state index contributed by atoms with van der Waals surface area (Å²) in [5.41, 5.74) is 0.739. The number of hydrogen-bond acceptors (Lipinski definition) is 5. The molecule has 0 saturated heterocycles. The molecule has 0 spiro atoms. The van der Waals surface area contributed by atoms with Crippen LogP contribution in [0.3, 0.4) is 0 Å². The number of amides is 1. The highest BCUT2D eigenvalue weighted by atomic mass is 32.2. The van der Waals surface area contributed by atoms with Crippen molar-refractivity contribution in [3.63, 3.8) is 0 Å². The molecule has 0 unspecified atom stereocenters. The minimum atomic E-state index is -3.66. The number of carbonyl (C=O) groups excluding carboxylic acids is 1. The lowest BCUT2D eigenvalue weighted by molar-refractivity contribution is -0.134. The molecule has 1 saturated carbocycles. The van der Waals surface area contributed by atoms with Gasteiger partial charge in [0.2, 0.25) is 5.91 Å². The van der Waals surface area contributed by atoms with Crippen LogP contribution in [0.15, 0.2) is 18.2 Å². The van der Waals surface area contributed by atoms with Crippen LogP contribution < -0.4 is 8.92 Å². The van der Waals surface area contributed by atoms with Gasteiger partial charge in [0.05, 0.1) is 13.4 Å². The smallest absolute Gasteiger partial charge is 0.306 e. The lowest BCUT2D eigenvalue weighted by Gasteiger charge is -2.27. The molecule has 25 heavy (non-hydrogen) atoms. The summed E-state index contributed by atoms with van der Waals surface area (Å²) >= 11 is 0. The molecule has 0 atom stereocenters. The van der Waals surface area contributed by atoms with E-state index in [2.05, 4.69) is 0 Å². The fraction of sp³-hybridized carbons (Fsp3) is 0.611. The highest BCUT2D eigenvalue weighted by molar-refractivity contribution is 7.86. The number of benzene rings is 1. The molecule has 6 nitrogen and oxygen atoms in total. The Kier molecular flexibility index (Phi) is 5.66. The van der Waals surface area contributed by atoms with E-state index >= 15 is 0 Å². The van der Waals surface area contributed by atoms with Gasteiger partial charge in [-0.2, -0.15) is 8.42 Å². The van der Waals surface area contributed by atoms with E-state index in [9.17, 15) is 13.2 Å². The maximum atomic E-state index is 12.7. The van der Waals surface area contributed by atoms with Crippen molar-refractivity contribution in [2.75, 3.05) is 13.4 Å². The Morgan fingerprint density at radius 3 is 2.36 bits per heavy atom. The van der Waals surface area contributed by atoms with Crippen molar-refractivity contribution < 1.29 is 22.1 Å². The molecule has 2 rings (SSSR count). The number of nitrogens with zero attached hydrogens (tertiary/aromatic N) is 1. The molecular formula is C18H27NO5S. The molecular weight excluding hydrogens is 342 g/mol. The van der Waals surface area contributed by atoms with Crippen molar-refractivity contribution in [3.8, 4) is 11.5 Å². The van der Waals surface area contributed by atoms with Crippen molar-refractivity contribution >= 4 is 16.0 Å². The van der Waals surface area contributed by atoms with Crippen LogP contribution >= 0.6 is 0 Å². The van der Waals surface area contributed by atoms with E-state index in [1.807, 2.05) is 31.7 Å². The van der Waals surface area contributed by atoms with Gasteiger partial charge in [-0.05, 0) is 36.0 Å². The van der Waals surface area contributed by atoms with Gasteiger partial charge in [-0.3, -0.25) is 4.79 Å². The van der Waals surface area contributed by atoms with Crippen LogP contribution in [0.4, 0.5) is 0 Å². The topological polar surface area (TPSA) is 72.9 Å². The zero-order valence-electron chi connectivity index (χ0n) is 15.5. The van der Waals surface area contributed by atoms with Crippen molar-refractivity contribution in [3.05, 3.63) is 23.8 Å². The van der Waals surface area contributed by atoms with E-state index in [1.54, 1.807) is 12.1 Å². The molecule has 0 N–H and O–H groups in total. The molecule has 1 aromatic rings. The van der Waals surface area contributed by atoms with Crippen LogP contribution in [0.2, 0.25) is 0 Å². The van der Waals surface area contributed by atoms with Gasteiger partial charge < -0.3 is 13.8 Å². The second-order valence-corrected chi connectivity index (χ2v) is 9.34. The van der Waals surface area contributed by atoms with Crippen LogP contribution in [-0.4, -0.2) is 38.6 Å². The van der Waals surface area contributed by atoms with E-state index in [0.29, 0.717) is 18.7 Å². The van der Waals surface area contributed by atoms with Crippen LogP contribution in [0, 0.1) is 5.41 Å². The predicted octanol–water partition coefficient (Wildman–Crippen LogP) is 2.96. The Bertz CT molecular complexity index is 732. The SMILES string of the molecule is COc1ccc(CN(C(=O)CC(C)(C)C)C2CC2)cc1OS(C)(=O)=O. The number of methoxy groups -OCH3 is 1. The van der Waals surface area contributed by atoms with Gasteiger partial charge in [-0.25, -0.2) is 0 Å². The van der Waals surface area contributed by atoms with Gasteiger partial charge >= 0.3 is 10.1 Å². The summed E-state index contributed by atoms with van der Waals surface area (Å²) in [4.78, 5) is 14.5. The molecule has 0 radical (unpaired) electrons. The summed E-state index contributed by atoms with van der Waals surface area (Å²) in [6, 6.07) is 5.39. The largest absolute Gasteiger partial charge is 0.493 e. The molecule has 1 aliphatic rings. The molecule has 140 valence electrons. The van der Waals surface area contributed by atoms with Crippen molar-refractivity contribution in [2.45, 2.75) is 52.6 Å². The summed E-state index contributed by atoms with van der Waals surface area (Å²) in [5, 5.41) is 0. The van der Waals surface area contributed by atoms with Crippen molar-refractivity contribution in [2.24, 2.45) is 5.41 Å². The molecule has 0 aromatic heterocycles. The monoisotopic (exact) mass is 369 g/mol. The van der Waals surface area contributed by atoms with Crippen molar-refractivity contribution in [1.29, 1.82) is 0 Å². The van der Waals surface area contributed by atoms with Crippen LogP contribution in [0.5, 0.6) is 11.5 Å². The third-order valence-corrected chi connectivity index (χ3v) is 4.29. The molecule has 1 aromatic carbocycles. The molecule has 0 heterocycles. The Morgan fingerprint density at radius 1 is 1.24 bits per heavy atom. The summed E-state index contributed by atoms with van der Waals surface area (Å²) < 4.78 is 33.0. The van der Waals surface area contributed by atoms with E-state index < -0.39 is 10.1 Å². The minimum absolute atomic E-state index is 0.0747. The van der Waals surface area contributed by atoms with Crippen LogP contribution in [0.1, 0.15) is 45.6 Å². The summed E-state index contributed by atoms with van der Waals surface area (Å²) in [5.74, 6) is 0.603. The average Bonchev–Trinajstić information content (AvgIpc) is 3.25. The Balaban J connectivity index is 2.22. The molecule has 1 amide bonds. The van der Waals surface area contributed by atoms with Gasteiger partial charge in [-0.1, -0.05) is 26.8 Å². The second kappa shape index (κ2) is 7.23. The average molecular weight is 369 g/mol. The third-order valence-electron chi connectivity index (χ3n) is 3.81. The fourth-order valence-electron chi connectivity index (χ4n) is 2.61. The molecule has 7 heteroatoms. The lowest BCUT2D eigenvalue weighted by Crippen LogP contribution is -2.34. The number of carbonyl (C=O) groups is 1. The highest BCUT2D eigenvalue weighted by Crippen LogP contribution is 2.34. The van der Waals surface area contributed by atoms with E-state index in [4.69, 9.17) is 8.92 Å². The molecule has 1 fully saturated rings. The Morgan fingerprint density at radius 2 is 1.88 bits per heavy atom. The zero-order valence-corrected chi connectivity index (χ0v) is 16.4. The Hall–Kier alpha value is -1.76. The number of ether oxygens (including phenoxy) is 1. The summed E-state index contributed by atoms with van der Waals surface area (Å²) in [6.45, 7) is 6.56. The van der Waals surface area contributed by atoms with Gasteiger partial charge in [0.1, 0.15) is 0 Å². The van der Waals surface area contributed by atoms with Crippen LogP contribution in [-0.2, 0) is 21.5 Å². The standard InChI is InChI=1S/C18H27NO5S/c1-18(2,3)11-17(20)19(14-7-8-14)12-13-6-9-15(23-4)16(10-13)24-25(5,21)22/h6,9-10,14H,7-8,11-12H2,1-5H3. The minimum Gasteiger partial charge on any atom is -0.493 e. The van der Waals surface area contributed by atoms with Gasteiger partial charge in [0, 0.05) is 19.0 Å². The zero-order chi connectivity index (χ0) is 18.8. The molecule has 0 bridgehead atoms. The number of rotatable bonds is 7. The first-order valence-corrected chi connectivity index (χ1v) is 10.2. The van der Waals surface area contributed by atoms with Gasteiger partial charge in [0.15, 0.2) is 11.5 Å². The lowest BCUT2D eigenvalue weighted by atomic mass is 9.91. The number of hydrogen-bond donors (Lipinski definition) is 0. The molecule has 1 aliphatic carbocycles. The first-order valence-electron chi connectivity index (χ1n) is 8.34. The van der Waals surface area contributed by atoms with E-state index in [1.165, 1.54) is 7.11 Å². The third kappa shape index (κ3) is 6.23.